The first-order chi connectivity index (χ1) is 17.3. The van der Waals surface area contributed by atoms with Crippen LogP contribution >= 0.6 is 0 Å². The number of esters is 1. The minimum atomic E-state index is -0.613. The van der Waals surface area contributed by atoms with Gasteiger partial charge >= 0.3 is 18.0 Å². The number of anilines is 2. The average molecular weight is 482 g/mol. The number of hydrogen-bond donors (Lipinski definition) is 1. The summed E-state index contributed by atoms with van der Waals surface area (Å²) in [6.07, 6.45) is 0. The van der Waals surface area contributed by atoms with Gasteiger partial charge in [0.1, 0.15) is 17.1 Å². The molecule has 0 unspecified atom stereocenters. The zero-order chi connectivity index (χ0) is 25.5. The highest BCUT2D eigenvalue weighted by molar-refractivity contribution is 5.91. The Morgan fingerprint density at radius 1 is 0.833 bits per heavy atom. The molecule has 0 aliphatic rings. The minimum Gasteiger partial charge on any atom is -0.456 e. The van der Waals surface area contributed by atoms with Crippen molar-refractivity contribution in [2.45, 2.75) is 26.4 Å². The van der Waals surface area contributed by atoms with E-state index >= 15 is 0 Å². The van der Waals surface area contributed by atoms with E-state index in [-0.39, 0.29) is 18.0 Å². The van der Waals surface area contributed by atoms with Gasteiger partial charge in [0, 0.05) is 5.69 Å². The van der Waals surface area contributed by atoms with Gasteiger partial charge in [-0.2, -0.15) is 9.97 Å². The lowest BCUT2D eigenvalue weighted by Gasteiger charge is -2.19. The summed E-state index contributed by atoms with van der Waals surface area (Å²) in [5.41, 5.74) is 0.805. The smallest absolute Gasteiger partial charge is 0.338 e. The third-order valence-corrected chi connectivity index (χ3v) is 4.47. The zero-order valence-electron chi connectivity index (χ0n) is 19.9. The van der Waals surface area contributed by atoms with Crippen LogP contribution in [0, 0.1) is 6.57 Å². The highest BCUT2D eigenvalue weighted by atomic mass is 16.6. The van der Waals surface area contributed by atoms with Crippen LogP contribution in [0.5, 0.6) is 23.5 Å². The predicted octanol–water partition coefficient (Wildman–Crippen LogP) is 6.71. The number of benzene rings is 3. The van der Waals surface area contributed by atoms with E-state index in [1.54, 1.807) is 60.7 Å². The maximum absolute atomic E-state index is 12.5. The van der Waals surface area contributed by atoms with E-state index in [0.717, 1.165) is 0 Å². The van der Waals surface area contributed by atoms with Crippen LogP contribution in [0.2, 0.25) is 0 Å². The fraction of sp³-hybridized carbons (Fsp3) is 0.148. The Morgan fingerprint density at radius 2 is 1.47 bits per heavy atom. The van der Waals surface area contributed by atoms with Crippen molar-refractivity contribution in [1.29, 1.82) is 0 Å². The molecule has 180 valence electrons. The topological polar surface area (TPSA) is 99.8 Å². The van der Waals surface area contributed by atoms with E-state index in [1.165, 1.54) is 0 Å². The first-order valence-corrected chi connectivity index (χ1v) is 11.0. The van der Waals surface area contributed by atoms with Gasteiger partial charge in [-0.05, 0) is 63.2 Å². The SMILES string of the molecule is [C-]#[N+]c1ccc(Oc2nc(Nc3cccc(C(=O)OC(C)(C)C)c3)nc(Oc3ccccc3)n2)cc1. The highest BCUT2D eigenvalue weighted by Gasteiger charge is 2.18. The van der Waals surface area contributed by atoms with Crippen molar-refractivity contribution in [3.63, 3.8) is 0 Å². The second-order valence-electron chi connectivity index (χ2n) is 8.55. The van der Waals surface area contributed by atoms with Gasteiger partial charge in [-0.3, -0.25) is 0 Å². The van der Waals surface area contributed by atoms with E-state index in [2.05, 4.69) is 25.1 Å². The Morgan fingerprint density at radius 3 is 2.08 bits per heavy atom. The summed E-state index contributed by atoms with van der Waals surface area (Å²) in [6.45, 7) is 12.5. The first kappa shape index (κ1) is 24.2. The van der Waals surface area contributed by atoms with Crippen LogP contribution < -0.4 is 14.8 Å². The van der Waals surface area contributed by atoms with Crippen LogP contribution in [-0.2, 0) is 4.74 Å². The monoisotopic (exact) mass is 481 g/mol. The van der Waals surface area contributed by atoms with Crippen molar-refractivity contribution in [3.8, 4) is 23.5 Å². The molecule has 0 fully saturated rings. The van der Waals surface area contributed by atoms with E-state index in [4.69, 9.17) is 20.8 Å². The largest absolute Gasteiger partial charge is 0.456 e. The normalized spacial score (nSPS) is 10.7. The molecule has 1 heterocycles. The molecule has 0 amide bonds. The van der Waals surface area contributed by atoms with Crippen LogP contribution in [0.15, 0.2) is 78.9 Å². The summed E-state index contributed by atoms with van der Waals surface area (Å²) < 4.78 is 17.0. The van der Waals surface area contributed by atoms with Gasteiger partial charge < -0.3 is 19.5 Å². The number of para-hydroxylation sites is 1. The lowest BCUT2D eigenvalue weighted by Crippen LogP contribution is -2.23. The lowest BCUT2D eigenvalue weighted by molar-refractivity contribution is 0.00695. The summed E-state index contributed by atoms with van der Waals surface area (Å²) in [5.74, 6) is 0.679. The molecule has 1 N–H and O–H groups in total. The number of ether oxygens (including phenoxy) is 3. The molecule has 0 atom stereocenters. The minimum absolute atomic E-state index is 0.00905. The molecule has 1 aromatic heterocycles. The van der Waals surface area contributed by atoms with Gasteiger partial charge in [0.15, 0.2) is 5.69 Å². The lowest BCUT2D eigenvalue weighted by atomic mass is 10.1. The molecule has 4 rings (SSSR count). The summed E-state index contributed by atoms with van der Waals surface area (Å²) >= 11 is 0. The number of carbonyl (C=O) groups excluding carboxylic acids is 1. The molecule has 4 aromatic rings. The number of nitrogens with zero attached hydrogens (tertiary/aromatic N) is 4. The predicted molar refractivity (Wildman–Crippen MR) is 134 cm³/mol. The summed E-state index contributed by atoms with van der Waals surface area (Å²) in [6, 6.07) is 22.4. The third-order valence-electron chi connectivity index (χ3n) is 4.47. The number of carbonyl (C=O) groups is 1. The molecular formula is C27H23N5O4. The van der Waals surface area contributed by atoms with Gasteiger partial charge in [-0.15, -0.1) is 4.98 Å². The Balaban J connectivity index is 1.62. The maximum Gasteiger partial charge on any atom is 0.338 e. The Bertz CT molecular complexity index is 1390. The fourth-order valence-corrected chi connectivity index (χ4v) is 2.96. The highest BCUT2D eigenvalue weighted by Crippen LogP contribution is 2.26. The Hall–Kier alpha value is -4.97. The van der Waals surface area contributed by atoms with Crippen molar-refractivity contribution >= 4 is 23.3 Å². The zero-order valence-corrected chi connectivity index (χ0v) is 19.9. The van der Waals surface area contributed by atoms with Crippen molar-refractivity contribution in [2.24, 2.45) is 0 Å². The molecular weight excluding hydrogens is 458 g/mol. The second kappa shape index (κ2) is 10.5. The maximum atomic E-state index is 12.5. The number of aromatic nitrogens is 3. The van der Waals surface area contributed by atoms with Crippen molar-refractivity contribution in [2.75, 3.05) is 5.32 Å². The van der Waals surface area contributed by atoms with E-state index in [0.29, 0.717) is 28.4 Å². The standard InChI is InChI=1S/C27H23N5O4/c1-27(2,3)36-23(33)18-9-8-10-20(17-18)29-24-30-25(34-21-11-6-5-7-12-21)32-26(31-24)35-22-15-13-19(28-4)14-16-22/h5-17H,1-3H3,(H,29,30,31,32). The summed E-state index contributed by atoms with van der Waals surface area (Å²) in [4.78, 5) is 28.8. The third kappa shape index (κ3) is 6.77. The van der Waals surface area contributed by atoms with Gasteiger partial charge in [0.25, 0.3) is 0 Å². The second-order valence-corrected chi connectivity index (χ2v) is 8.55. The van der Waals surface area contributed by atoms with E-state index < -0.39 is 11.6 Å². The Labute approximate surface area is 208 Å². The number of hydrogen-bond acceptors (Lipinski definition) is 8. The fourth-order valence-electron chi connectivity index (χ4n) is 2.96. The average Bonchev–Trinajstić information content (AvgIpc) is 2.84. The van der Waals surface area contributed by atoms with Crippen LogP contribution in [0.1, 0.15) is 31.1 Å². The number of nitrogens with one attached hydrogen (secondary N) is 1. The molecule has 9 heteroatoms. The molecule has 0 radical (unpaired) electrons. The Kier molecular flexibility index (Phi) is 7.07. The summed E-state index contributed by atoms with van der Waals surface area (Å²) in [7, 11) is 0. The molecule has 0 spiro atoms. The van der Waals surface area contributed by atoms with Crippen molar-refractivity contribution in [1.82, 2.24) is 15.0 Å². The van der Waals surface area contributed by atoms with Crippen LogP contribution in [0.25, 0.3) is 4.85 Å². The summed E-state index contributed by atoms with van der Waals surface area (Å²) in [5, 5.41) is 3.06. The molecule has 0 saturated heterocycles. The quantitative estimate of drug-likeness (QED) is 0.230. The van der Waals surface area contributed by atoms with E-state index in [9.17, 15) is 4.79 Å². The molecule has 36 heavy (non-hydrogen) atoms. The van der Waals surface area contributed by atoms with E-state index in [1.807, 2.05) is 39.0 Å². The molecule has 0 bridgehead atoms. The van der Waals surface area contributed by atoms with Crippen molar-refractivity contribution < 1.29 is 19.0 Å². The van der Waals surface area contributed by atoms with Gasteiger partial charge in [0.05, 0.1) is 12.1 Å². The molecule has 0 aliphatic carbocycles. The van der Waals surface area contributed by atoms with Crippen LogP contribution in [0.4, 0.5) is 17.3 Å². The molecule has 9 nitrogen and oxygen atoms in total. The van der Waals surface area contributed by atoms with Crippen LogP contribution in [0.3, 0.4) is 0 Å². The van der Waals surface area contributed by atoms with Gasteiger partial charge in [0.2, 0.25) is 5.95 Å². The van der Waals surface area contributed by atoms with Crippen LogP contribution in [-0.4, -0.2) is 26.5 Å². The van der Waals surface area contributed by atoms with Crippen molar-refractivity contribution in [3.05, 3.63) is 95.8 Å². The van der Waals surface area contributed by atoms with Gasteiger partial charge in [-0.1, -0.05) is 36.4 Å². The number of rotatable bonds is 7. The molecule has 0 saturated carbocycles. The molecule has 3 aromatic carbocycles. The van der Waals surface area contributed by atoms with Gasteiger partial charge in [-0.25, -0.2) is 9.64 Å². The molecule has 0 aliphatic heterocycles. The first-order valence-electron chi connectivity index (χ1n) is 11.0.